The van der Waals surface area contributed by atoms with Crippen LogP contribution in [0.2, 0.25) is 0 Å². The molecule has 0 unspecified atom stereocenters. The molecule has 0 aliphatic heterocycles. The van der Waals surface area contributed by atoms with E-state index in [4.69, 9.17) is 4.74 Å². The van der Waals surface area contributed by atoms with Gasteiger partial charge in [-0.3, -0.25) is 19.7 Å². The number of aromatic amines is 1. The van der Waals surface area contributed by atoms with Gasteiger partial charge in [-0.05, 0) is 37.6 Å². The number of nitrogens with one attached hydrogen (secondary N) is 1. The molecule has 2 aromatic rings. The van der Waals surface area contributed by atoms with E-state index in [0.29, 0.717) is 29.2 Å². The SMILES string of the molecule is CCCCN=C(C)c1c(CC(=O)OC)[nH]n(-c2ccc(F)cc2)c1=O. The molecule has 7 heteroatoms. The number of methoxy groups -OCH3 is 1. The topological polar surface area (TPSA) is 76.4 Å². The van der Waals surface area contributed by atoms with E-state index in [1.54, 1.807) is 6.92 Å². The van der Waals surface area contributed by atoms with E-state index in [0.717, 1.165) is 12.8 Å². The maximum atomic E-state index is 13.1. The maximum Gasteiger partial charge on any atom is 0.311 e. The number of carbonyl (C=O) groups excluding carboxylic acids is 1. The first-order chi connectivity index (χ1) is 12.0. The lowest BCUT2D eigenvalue weighted by Crippen LogP contribution is -2.20. The second-order valence-electron chi connectivity index (χ2n) is 5.66. The molecule has 0 saturated carbocycles. The average Bonchev–Trinajstić information content (AvgIpc) is 2.91. The van der Waals surface area contributed by atoms with E-state index in [2.05, 4.69) is 17.0 Å². The highest BCUT2D eigenvalue weighted by molar-refractivity contribution is 6.00. The third-order valence-corrected chi connectivity index (χ3v) is 3.82. The van der Waals surface area contributed by atoms with Crippen LogP contribution in [-0.2, 0) is 16.0 Å². The van der Waals surface area contributed by atoms with Crippen LogP contribution in [-0.4, -0.2) is 35.1 Å². The van der Waals surface area contributed by atoms with Crippen molar-refractivity contribution in [3.63, 3.8) is 0 Å². The van der Waals surface area contributed by atoms with Gasteiger partial charge in [-0.2, -0.15) is 0 Å². The quantitative estimate of drug-likeness (QED) is 0.475. The van der Waals surface area contributed by atoms with Gasteiger partial charge < -0.3 is 4.74 Å². The van der Waals surface area contributed by atoms with Crippen LogP contribution < -0.4 is 5.56 Å². The van der Waals surface area contributed by atoms with Crippen LogP contribution in [0.25, 0.3) is 5.69 Å². The van der Waals surface area contributed by atoms with Crippen LogP contribution in [0.4, 0.5) is 4.39 Å². The minimum absolute atomic E-state index is 0.0735. The number of hydrogen-bond donors (Lipinski definition) is 1. The van der Waals surface area contributed by atoms with Crippen LogP contribution in [0.1, 0.15) is 37.9 Å². The van der Waals surface area contributed by atoms with Gasteiger partial charge in [0.05, 0.1) is 30.5 Å². The standard InChI is InChI=1S/C18H22FN3O3/c1-4-5-10-20-12(2)17-15(11-16(23)25-3)21-22(18(17)24)14-8-6-13(19)7-9-14/h6-9,21H,4-5,10-11H2,1-3H3. The summed E-state index contributed by atoms with van der Waals surface area (Å²) in [6, 6.07) is 5.51. The molecule has 134 valence electrons. The summed E-state index contributed by atoms with van der Waals surface area (Å²) in [4.78, 5) is 28.9. The molecule has 0 aliphatic carbocycles. The van der Waals surface area contributed by atoms with Gasteiger partial charge >= 0.3 is 5.97 Å². The van der Waals surface area contributed by atoms with E-state index in [9.17, 15) is 14.0 Å². The Morgan fingerprint density at radius 1 is 1.32 bits per heavy atom. The molecule has 6 nitrogen and oxygen atoms in total. The number of hydrogen-bond acceptors (Lipinski definition) is 4. The number of ether oxygens (including phenoxy) is 1. The molecular weight excluding hydrogens is 325 g/mol. The molecule has 1 heterocycles. The summed E-state index contributed by atoms with van der Waals surface area (Å²) < 4.78 is 19.1. The number of halogens is 1. The van der Waals surface area contributed by atoms with Crippen molar-refractivity contribution in [2.75, 3.05) is 13.7 Å². The second kappa shape index (κ2) is 8.41. The largest absolute Gasteiger partial charge is 0.469 e. The van der Waals surface area contributed by atoms with Gasteiger partial charge in [0.15, 0.2) is 0 Å². The van der Waals surface area contributed by atoms with Crippen LogP contribution in [0, 0.1) is 5.82 Å². The number of aromatic nitrogens is 2. The van der Waals surface area contributed by atoms with Crippen molar-refractivity contribution in [1.82, 2.24) is 9.78 Å². The second-order valence-corrected chi connectivity index (χ2v) is 5.66. The van der Waals surface area contributed by atoms with Gasteiger partial charge in [0.1, 0.15) is 5.82 Å². The first kappa shape index (κ1) is 18.6. The van der Waals surface area contributed by atoms with Gasteiger partial charge in [0.2, 0.25) is 0 Å². The normalized spacial score (nSPS) is 11.6. The summed E-state index contributed by atoms with van der Waals surface area (Å²) in [5, 5.41) is 2.92. The van der Waals surface area contributed by atoms with Crippen molar-refractivity contribution >= 4 is 11.7 Å². The predicted molar refractivity (Wildman–Crippen MR) is 94.1 cm³/mol. The number of benzene rings is 1. The average molecular weight is 347 g/mol. The van der Waals surface area contributed by atoms with Crippen LogP contribution in [0.15, 0.2) is 34.1 Å². The van der Waals surface area contributed by atoms with Crippen LogP contribution >= 0.6 is 0 Å². The van der Waals surface area contributed by atoms with E-state index in [1.165, 1.54) is 36.1 Å². The molecular formula is C18H22FN3O3. The van der Waals surface area contributed by atoms with Crippen molar-refractivity contribution in [2.45, 2.75) is 33.1 Å². The smallest absolute Gasteiger partial charge is 0.311 e. The van der Waals surface area contributed by atoms with Gasteiger partial charge in [-0.25, -0.2) is 9.07 Å². The van der Waals surface area contributed by atoms with Gasteiger partial charge in [-0.1, -0.05) is 13.3 Å². The summed E-state index contributed by atoms with van der Waals surface area (Å²) in [5.74, 6) is -0.856. The fraction of sp³-hybridized carbons (Fsp3) is 0.389. The minimum atomic E-state index is -0.463. The van der Waals surface area contributed by atoms with E-state index in [1.807, 2.05) is 0 Å². The van der Waals surface area contributed by atoms with Crippen LogP contribution in [0.3, 0.4) is 0 Å². The summed E-state index contributed by atoms with van der Waals surface area (Å²) in [5.41, 5.74) is 1.49. The molecule has 2 rings (SSSR count). The monoisotopic (exact) mass is 347 g/mol. The Hall–Kier alpha value is -2.70. The van der Waals surface area contributed by atoms with Crippen molar-refractivity contribution in [2.24, 2.45) is 4.99 Å². The number of unbranched alkanes of at least 4 members (excludes halogenated alkanes) is 1. The lowest BCUT2D eigenvalue weighted by Gasteiger charge is -2.02. The number of carbonyl (C=O) groups is 1. The molecule has 1 aromatic heterocycles. The van der Waals surface area contributed by atoms with Gasteiger partial charge in [-0.15, -0.1) is 0 Å². The molecule has 0 bridgehead atoms. The molecule has 0 saturated heterocycles. The fourth-order valence-electron chi connectivity index (χ4n) is 2.46. The zero-order valence-electron chi connectivity index (χ0n) is 14.6. The third kappa shape index (κ3) is 4.43. The minimum Gasteiger partial charge on any atom is -0.469 e. The molecule has 0 amide bonds. The highest BCUT2D eigenvalue weighted by Crippen LogP contribution is 2.11. The van der Waals surface area contributed by atoms with Crippen molar-refractivity contribution in [1.29, 1.82) is 0 Å². The summed E-state index contributed by atoms with van der Waals surface area (Å²) >= 11 is 0. The number of nitrogens with zero attached hydrogens (tertiary/aromatic N) is 2. The molecule has 0 radical (unpaired) electrons. The lowest BCUT2D eigenvalue weighted by molar-refractivity contribution is -0.139. The summed E-state index contributed by atoms with van der Waals surface area (Å²) in [6.45, 7) is 4.42. The Bertz CT molecular complexity index is 819. The molecule has 0 aliphatic rings. The zero-order chi connectivity index (χ0) is 18.4. The van der Waals surface area contributed by atoms with Gasteiger partial charge in [0.25, 0.3) is 5.56 Å². The van der Waals surface area contributed by atoms with Gasteiger partial charge in [0, 0.05) is 12.3 Å². The van der Waals surface area contributed by atoms with Crippen molar-refractivity contribution in [3.8, 4) is 5.69 Å². The highest BCUT2D eigenvalue weighted by Gasteiger charge is 2.20. The molecule has 0 atom stereocenters. The Balaban J connectivity index is 2.51. The Morgan fingerprint density at radius 2 is 2.00 bits per heavy atom. The molecule has 0 fully saturated rings. The van der Waals surface area contributed by atoms with E-state index >= 15 is 0 Å². The highest BCUT2D eigenvalue weighted by atomic mass is 19.1. The number of esters is 1. The summed E-state index contributed by atoms with van der Waals surface area (Å²) in [6.07, 6.45) is 1.84. The zero-order valence-corrected chi connectivity index (χ0v) is 14.6. The Labute approximate surface area is 145 Å². The molecule has 1 aromatic carbocycles. The number of aliphatic imine (C=N–C) groups is 1. The van der Waals surface area contributed by atoms with Crippen molar-refractivity contribution < 1.29 is 13.9 Å². The molecule has 1 N–H and O–H groups in total. The Morgan fingerprint density at radius 3 is 2.60 bits per heavy atom. The summed E-state index contributed by atoms with van der Waals surface area (Å²) in [7, 11) is 1.29. The predicted octanol–water partition coefficient (Wildman–Crippen LogP) is 2.63. The fourth-order valence-corrected chi connectivity index (χ4v) is 2.46. The van der Waals surface area contributed by atoms with Crippen molar-refractivity contribution in [3.05, 3.63) is 51.7 Å². The first-order valence-electron chi connectivity index (χ1n) is 8.16. The van der Waals surface area contributed by atoms with E-state index < -0.39 is 11.8 Å². The van der Waals surface area contributed by atoms with Crippen LogP contribution in [0.5, 0.6) is 0 Å². The molecule has 0 spiro atoms. The van der Waals surface area contributed by atoms with E-state index in [-0.39, 0.29) is 12.0 Å². The number of H-pyrrole nitrogens is 1. The third-order valence-electron chi connectivity index (χ3n) is 3.82. The Kier molecular flexibility index (Phi) is 6.27. The lowest BCUT2D eigenvalue weighted by atomic mass is 10.1. The molecule has 25 heavy (non-hydrogen) atoms. The maximum absolute atomic E-state index is 13.1. The number of rotatable bonds is 7. The first-order valence-corrected chi connectivity index (χ1v) is 8.16.